The van der Waals surface area contributed by atoms with Crippen LogP contribution >= 0.6 is 0 Å². The van der Waals surface area contributed by atoms with Gasteiger partial charge >= 0.3 is 12.1 Å². The Morgan fingerprint density at radius 2 is 2.06 bits per heavy atom. The molecule has 2 aromatic heterocycles. The molecule has 2 aromatic rings. The third-order valence-electron chi connectivity index (χ3n) is 7.50. The van der Waals surface area contributed by atoms with Gasteiger partial charge in [0.2, 0.25) is 0 Å². The molecule has 0 aromatic carbocycles. The van der Waals surface area contributed by atoms with Crippen molar-refractivity contribution in [3.8, 4) is 17.0 Å². The van der Waals surface area contributed by atoms with E-state index in [1.807, 2.05) is 33.2 Å². The van der Waals surface area contributed by atoms with Crippen LogP contribution in [0.2, 0.25) is 0 Å². The van der Waals surface area contributed by atoms with Gasteiger partial charge in [0.25, 0.3) is 0 Å². The van der Waals surface area contributed by atoms with Crippen molar-refractivity contribution in [3.63, 3.8) is 0 Å². The molecule has 1 N–H and O–H groups in total. The first kappa shape index (κ1) is 25.0. The second kappa shape index (κ2) is 10.3. The third-order valence-corrected chi connectivity index (χ3v) is 7.50. The van der Waals surface area contributed by atoms with Gasteiger partial charge in [-0.3, -0.25) is 9.48 Å². The van der Waals surface area contributed by atoms with E-state index in [1.54, 1.807) is 15.8 Å². The summed E-state index contributed by atoms with van der Waals surface area (Å²) in [6, 6.07) is 3.74. The van der Waals surface area contributed by atoms with E-state index >= 15 is 0 Å². The number of carbonyl (C=O) groups excluding carboxylic acids is 1. The normalized spacial score (nSPS) is 20.8. The lowest BCUT2D eigenvalue weighted by Crippen LogP contribution is -2.39. The largest absolute Gasteiger partial charge is 0.489 e. The molecule has 1 amide bonds. The second-order valence-electron chi connectivity index (χ2n) is 9.94. The first-order valence-corrected chi connectivity index (χ1v) is 12.5. The number of aryl methyl sites for hydroxylation is 2. The maximum Gasteiger partial charge on any atom is 0.410 e. The Bertz CT molecular complexity index is 1080. The monoisotopic (exact) mass is 484 g/mol. The standard InChI is InChI=1S/C26H36N4O5/c1-5-11-26(12-13-26)29(3)25(33)34-16-22-20(15-27-30(22)4)21-9-10-23(17(2)28-21)35-19-8-6-7-18(14-19)24(31)32/h9-10,15,18-19H,5-8,11-14,16H2,1-4H3,(H,31,32)/t18-,19-/m0/s1. The summed E-state index contributed by atoms with van der Waals surface area (Å²) in [5, 5.41) is 13.7. The van der Waals surface area contributed by atoms with Crippen LogP contribution in [0.15, 0.2) is 18.3 Å². The minimum atomic E-state index is -0.753. The average Bonchev–Trinajstić information content (AvgIpc) is 3.53. The molecule has 190 valence electrons. The van der Waals surface area contributed by atoms with Crippen molar-refractivity contribution < 1.29 is 24.2 Å². The lowest BCUT2D eigenvalue weighted by Gasteiger charge is -2.27. The first-order chi connectivity index (χ1) is 16.7. The molecular weight excluding hydrogens is 448 g/mol. The number of nitrogens with zero attached hydrogens (tertiary/aromatic N) is 4. The summed E-state index contributed by atoms with van der Waals surface area (Å²) in [4.78, 5) is 30.6. The molecule has 4 rings (SSSR count). The van der Waals surface area contributed by atoms with Crippen molar-refractivity contribution in [1.29, 1.82) is 0 Å². The van der Waals surface area contributed by atoms with Gasteiger partial charge in [0.05, 0.1) is 35.3 Å². The highest BCUT2D eigenvalue weighted by Gasteiger charge is 2.48. The maximum atomic E-state index is 12.7. The smallest absolute Gasteiger partial charge is 0.410 e. The summed E-state index contributed by atoms with van der Waals surface area (Å²) in [5.41, 5.74) is 2.97. The van der Waals surface area contributed by atoms with Gasteiger partial charge in [0.15, 0.2) is 0 Å². The Morgan fingerprint density at radius 1 is 1.29 bits per heavy atom. The number of hydrogen-bond acceptors (Lipinski definition) is 6. The topological polar surface area (TPSA) is 107 Å². The van der Waals surface area contributed by atoms with Gasteiger partial charge in [-0.2, -0.15) is 5.10 Å². The number of aliphatic carboxylic acids is 1. The zero-order valence-electron chi connectivity index (χ0n) is 21.1. The number of aromatic nitrogens is 3. The molecule has 2 saturated carbocycles. The number of ether oxygens (including phenoxy) is 2. The Kier molecular flexibility index (Phi) is 7.33. The number of pyridine rings is 1. The van der Waals surface area contributed by atoms with Crippen LogP contribution in [0, 0.1) is 12.8 Å². The molecule has 0 bridgehead atoms. The van der Waals surface area contributed by atoms with Gasteiger partial charge in [-0.15, -0.1) is 0 Å². The summed E-state index contributed by atoms with van der Waals surface area (Å²) < 4.78 is 13.5. The number of carboxylic acids is 1. The van der Waals surface area contributed by atoms with Crippen LogP contribution in [-0.2, 0) is 23.2 Å². The Labute approximate surface area is 206 Å². The van der Waals surface area contributed by atoms with Crippen LogP contribution in [0.5, 0.6) is 5.75 Å². The lowest BCUT2D eigenvalue weighted by atomic mass is 9.87. The highest BCUT2D eigenvalue weighted by atomic mass is 16.6. The van der Waals surface area contributed by atoms with Gasteiger partial charge in [0, 0.05) is 25.2 Å². The molecule has 2 aliphatic rings. The van der Waals surface area contributed by atoms with E-state index in [0.717, 1.165) is 61.2 Å². The first-order valence-electron chi connectivity index (χ1n) is 12.5. The summed E-state index contributed by atoms with van der Waals surface area (Å²) in [7, 11) is 3.64. The van der Waals surface area contributed by atoms with E-state index < -0.39 is 5.97 Å². The van der Waals surface area contributed by atoms with Gasteiger partial charge < -0.3 is 19.5 Å². The minimum absolute atomic E-state index is 0.0432. The van der Waals surface area contributed by atoms with Gasteiger partial charge in [-0.05, 0) is 64.0 Å². The molecule has 9 heteroatoms. The molecule has 0 spiro atoms. The van der Waals surface area contributed by atoms with Crippen LogP contribution in [0.4, 0.5) is 4.79 Å². The maximum absolute atomic E-state index is 12.7. The summed E-state index contributed by atoms with van der Waals surface area (Å²) in [5.74, 6) is -0.441. The fourth-order valence-electron chi connectivity index (χ4n) is 5.11. The van der Waals surface area contributed by atoms with Gasteiger partial charge in [0.1, 0.15) is 12.4 Å². The fraction of sp³-hybridized carbons (Fsp3) is 0.615. The third kappa shape index (κ3) is 5.44. The van der Waals surface area contributed by atoms with Crippen LogP contribution in [-0.4, -0.2) is 55.5 Å². The summed E-state index contributed by atoms with van der Waals surface area (Å²) >= 11 is 0. The number of carboxylic acid groups (broad SMARTS) is 1. The quantitative estimate of drug-likeness (QED) is 0.549. The van der Waals surface area contributed by atoms with Crippen molar-refractivity contribution in [2.45, 2.75) is 83.5 Å². The number of amides is 1. The average molecular weight is 485 g/mol. The molecule has 2 heterocycles. The van der Waals surface area contributed by atoms with Crippen molar-refractivity contribution in [2.75, 3.05) is 7.05 Å². The predicted octanol–water partition coefficient (Wildman–Crippen LogP) is 4.71. The Balaban J connectivity index is 1.43. The minimum Gasteiger partial charge on any atom is -0.489 e. The molecule has 0 radical (unpaired) electrons. The van der Waals surface area contributed by atoms with Crippen LogP contribution in [0.3, 0.4) is 0 Å². The highest BCUT2D eigenvalue weighted by Crippen LogP contribution is 2.45. The van der Waals surface area contributed by atoms with E-state index in [0.29, 0.717) is 18.6 Å². The number of hydrogen-bond donors (Lipinski definition) is 1. The van der Waals surface area contributed by atoms with Crippen LogP contribution in [0.25, 0.3) is 11.3 Å². The second-order valence-corrected chi connectivity index (χ2v) is 9.94. The van der Waals surface area contributed by atoms with Gasteiger partial charge in [-0.25, -0.2) is 9.78 Å². The highest BCUT2D eigenvalue weighted by molar-refractivity contribution is 5.70. The zero-order chi connectivity index (χ0) is 25.2. The van der Waals surface area contributed by atoms with E-state index in [4.69, 9.17) is 14.5 Å². The SMILES string of the molecule is CCCC1(N(C)C(=O)OCc2c(-c3ccc(O[C@H]4CCC[C@H](C(=O)O)C4)c(C)n3)cnn2C)CC1. The molecule has 0 aliphatic heterocycles. The zero-order valence-corrected chi connectivity index (χ0v) is 21.1. The molecule has 0 unspecified atom stereocenters. The number of carbonyl (C=O) groups is 2. The van der Waals surface area contributed by atoms with Crippen molar-refractivity contribution in [2.24, 2.45) is 13.0 Å². The molecule has 2 aliphatic carbocycles. The van der Waals surface area contributed by atoms with Crippen molar-refractivity contribution in [3.05, 3.63) is 29.7 Å². The van der Waals surface area contributed by atoms with Crippen LogP contribution in [0.1, 0.15) is 69.7 Å². The fourth-order valence-corrected chi connectivity index (χ4v) is 5.11. The lowest BCUT2D eigenvalue weighted by molar-refractivity contribution is -0.143. The molecule has 2 fully saturated rings. The van der Waals surface area contributed by atoms with E-state index in [-0.39, 0.29) is 30.3 Å². The van der Waals surface area contributed by atoms with Crippen molar-refractivity contribution >= 4 is 12.1 Å². The molecule has 35 heavy (non-hydrogen) atoms. The van der Waals surface area contributed by atoms with E-state index in [2.05, 4.69) is 12.0 Å². The van der Waals surface area contributed by atoms with Gasteiger partial charge in [-0.1, -0.05) is 13.3 Å². The summed E-state index contributed by atoms with van der Waals surface area (Å²) in [6.45, 7) is 4.12. The molecular formula is C26H36N4O5. The van der Waals surface area contributed by atoms with Crippen molar-refractivity contribution in [1.82, 2.24) is 19.7 Å². The predicted molar refractivity (Wildman–Crippen MR) is 130 cm³/mol. The Morgan fingerprint density at radius 3 is 2.71 bits per heavy atom. The van der Waals surface area contributed by atoms with Crippen LogP contribution < -0.4 is 4.74 Å². The van der Waals surface area contributed by atoms with E-state index in [1.165, 1.54) is 0 Å². The van der Waals surface area contributed by atoms with E-state index in [9.17, 15) is 14.7 Å². The number of rotatable bonds is 9. The molecule has 9 nitrogen and oxygen atoms in total. The Hall–Kier alpha value is -3.10. The molecule has 0 saturated heterocycles. The molecule has 2 atom stereocenters. The summed E-state index contributed by atoms with van der Waals surface area (Å²) in [6.07, 6.45) is 8.28.